The van der Waals surface area contributed by atoms with Crippen LogP contribution in [0.5, 0.6) is 0 Å². The van der Waals surface area contributed by atoms with E-state index in [2.05, 4.69) is 30.5 Å². The van der Waals surface area contributed by atoms with Crippen molar-refractivity contribution in [3.05, 3.63) is 82.5 Å². The predicted octanol–water partition coefficient (Wildman–Crippen LogP) is 6.78. The molecule has 0 saturated carbocycles. The molecule has 1 unspecified atom stereocenters. The molecular formula is C23H23ClF2N2OS. The quantitative estimate of drug-likeness (QED) is 0.538. The van der Waals surface area contributed by atoms with Crippen molar-refractivity contribution in [2.75, 3.05) is 4.72 Å². The van der Waals surface area contributed by atoms with Gasteiger partial charge in [0.1, 0.15) is 11.0 Å². The molecule has 1 aliphatic rings. The number of rotatable bonds is 5. The zero-order valence-corrected chi connectivity index (χ0v) is 18.5. The van der Waals surface area contributed by atoms with Crippen LogP contribution in [0.2, 0.25) is 5.02 Å². The largest absolute Gasteiger partial charge is 0.301 e. The fraction of sp³-hybridized carbons (Fsp3) is 0.261. The molecule has 2 aromatic carbocycles. The molecule has 0 amide bonds. The van der Waals surface area contributed by atoms with E-state index < -0.39 is 16.9 Å². The summed E-state index contributed by atoms with van der Waals surface area (Å²) >= 11 is 6.01. The van der Waals surface area contributed by atoms with Crippen LogP contribution in [0.15, 0.2) is 76.3 Å². The molecule has 7 heteroatoms. The lowest BCUT2D eigenvalue weighted by Gasteiger charge is -2.23. The van der Waals surface area contributed by atoms with Gasteiger partial charge >= 0.3 is 0 Å². The summed E-state index contributed by atoms with van der Waals surface area (Å²) in [5.41, 5.74) is 0.671. The van der Waals surface area contributed by atoms with Crippen molar-refractivity contribution >= 4 is 34.5 Å². The average molecular weight is 449 g/mol. The van der Waals surface area contributed by atoms with Crippen LogP contribution in [0, 0.1) is 0 Å². The highest BCUT2D eigenvalue weighted by atomic mass is 35.5. The summed E-state index contributed by atoms with van der Waals surface area (Å²) in [7, 11) is -1.72. The minimum absolute atomic E-state index is 0.0387. The molecule has 0 radical (unpaired) electrons. The molecule has 158 valence electrons. The van der Waals surface area contributed by atoms with Crippen LogP contribution in [0.3, 0.4) is 0 Å². The van der Waals surface area contributed by atoms with Crippen LogP contribution in [0.1, 0.15) is 38.3 Å². The second-order valence-electron chi connectivity index (χ2n) is 7.99. The number of halogens is 3. The molecule has 0 fully saturated rings. The molecule has 0 saturated heterocycles. The smallest absolute Gasteiger partial charge is 0.297 e. The fourth-order valence-electron chi connectivity index (χ4n) is 3.00. The Balaban J connectivity index is 1.92. The van der Waals surface area contributed by atoms with Crippen molar-refractivity contribution in [2.45, 2.75) is 43.4 Å². The molecule has 0 aromatic heterocycles. The van der Waals surface area contributed by atoms with Gasteiger partial charge in [-0.25, -0.2) is 4.21 Å². The summed E-state index contributed by atoms with van der Waals surface area (Å²) in [6, 6.07) is 11.4. The second kappa shape index (κ2) is 8.82. The summed E-state index contributed by atoms with van der Waals surface area (Å²) in [4.78, 5) is 4.37. The SMILES string of the molecule is CC(C)(C)c1ccc(S(=O)Nc2ccc(Cl)cc2C(F)(F)C2=CC=NC=CC2)cc1. The summed E-state index contributed by atoms with van der Waals surface area (Å²) in [5.74, 6) is -3.31. The van der Waals surface area contributed by atoms with E-state index in [1.165, 1.54) is 36.7 Å². The molecule has 1 heterocycles. The molecule has 2 aromatic rings. The van der Waals surface area contributed by atoms with Gasteiger partial charge in [0.05, 0.1) is 16.1 Å². The predicted molar refractivity (Wildman–Crippen MR) is 121 cm³/mol. The molecule has 1 N–H and O–H groups in total. The van der Waals surface area contributed by atoms with E-state index in [1.807, 2.05) is 12.1 Å². The third-order valence-corrected chi connectivity index (χ3v) is 6.09. The Morgan fingerprint density at radius 2 is 1.80 bits per heavy atom. The molecule has 1 atom stereocenters. The van der Waals surface area contributed by atoms with Crippen molar-refractivity contribution < 1.29 is 13.0 Å². The molecule has 0 aliphatic carbocycles. The molecule has 0 bridgehead atoms. The third-order valence-electron chi connectivity index (χ3n) is 4.75. The maximum Gasteiger partial charge on any atom is 0.297 e. The van der Waals surface area contributed by atoms with Crippen molar-refractivity contribution in [3.8, 4) is 0 Å². The van der Waals surface area contributed by atoms with Gasteiger partial charge in [-0.15, -0.1) is 0 Å². The van der Waals surface area contributed by atoms with E-state index in [1.54, 1.807) is 18.2 Å². The number of aliphatic imine (C=N–C) groups is 1. The zero-order chi connectivity index (χ0) is 21.9. The van der Waals surface area contributed by atoms with Gasteiger partial charge in [-0.3, -0.25) is 4.99 Å². The molecule has 0 spiro atoms. The monoisotopic (exact) mass is 448 g/mol. The topological polar surface area (TPSA) is 41.5 Å². The normalized spacial score (nSPS) is 15.5. The molecule has 3 nitrogen and oxygen atoms in total. The first-order valence-electron chi connectivity index (χ1n) is 9.43. The van der Waals surface area contributed by atoms with E-state index >= 15 is 8.78 Å². The van der Waals surface area contributed by atoms with Gasteiger partial charge in [0.15, 0.2) is 0 Å². The standard InChI is InChI=1S/C23H23ClF2N2OS/c1-22(2,3)16-6-9-19(10-7-16)30(29)28-21-11-8-18(24)15-20(21)23(25,26)17-5-4-13-27-14-12-17/h4,6-15,28H,5H2,1-3H3. The van der Waals surface area contributed by atoms with Crippen LogP contribution in [0.4, 0.5) is 14.5 Å². The van der Waals surface area contributed by atoms with E-state index in [4.69, 9.17) is 11.6 Å². The van der Waals surface area contributed by atoms with E-state index in [-0.39, 0.29) is 33.7 Å². The van der Waals surface area contributed by atoms with E-state index in [9.17, 15) is 4.21 Å². The highest BCUT2D eigenvalue weighted by Gasteiger charge is 2.38. The number of nitrogens with zero attached hydrogens (tertiary/aromatic N) is 1. The lowest BCUT2D eigenvalue weighted by molar-refractivity contribution is 0.0368. The van der Waals surface area contributed by atoms with Crippen LogP contribution >= 0.6 is 11.6 Å². The maximum absolute atomic E-state index is 15.3. The van der Waals surface area contributed by atoms with Gasteiger partial charge in [-0.1, -0.05) is 50.6 Å². The van der Waals surface area contributed by atoms with Crippen LogP contribution in [0.25, 0.3) is 0 Å². The van der Waals surface area contributed by atoms with Crippen molar-refractivity contribution in [3.63, 3.8) is 0 Å². The van der Waals surface area contributed by atoms with Crippen LogP contribution in [-0.4, -0.2) is 10.4 Å². The first-order valence-corrected chi connectivity index (χ1v) is 11.0. The molecule has 1 aliphatic heterocycles. The zero-order valence-electron chi connectivity index (χ0n) is 17.0. The van der Waals surface area contributed by atoms with Gasteiger partial charge in [0.25, 0.3) is 5.92 Å². The second-order valence-corrected chi connectivity index (χ2v) is 9.64. The lowest BCUT2D eigenvalue weighted by atomic mass is 9.87. The number of allylic oxidation sites excluding steroid dienone is 3. The Hall–Kier alpha value is -2.31. The average Bonchev–Trinajstić information content (AvgIpc) is 2.99. The van der Waals surface area contributed by atoms with Crippen LogP contribution < -0.4 is 4.72 Å². The Morgan fingerprint density at radius 3 is 2.47 bits per heavy atom. The number of hydrogen-bond acceptors (Lipinski definition) is 2. The van der Waals surface area contributed by atoms with Gasteiger partial charge in [-0.05, 0) is 53.8 Å². The molecular weight excluding hydrogens is 426 g/mol. The molecule has 30 heavy (non-hydrogen) atoms. The van der Waals surface area contributed by atoms with E-state index in [0.29, 0.717) is 4.90 Å². The number of benzene rings is 2. The summed E-state index contributed by atoms with van der Waals surface area (Å²) in [5, 5.41) is 0.175. The fourth-order valence-corrected chi connectivity index (χ4v) is 4.05. The van der Waals surface area contributed by atoms with Gasteiger partial charge in [0.2, 0.25) is 0 Å². The summed E-state index contributed by atoms with van der Waals surface area (Å²) in [6.07, 6.45) is 5.73. The maximum atomic E-state index is 15.3. The van der Waals surface area contributed by atoms with Gasteiger partial charge in [-0.2, -0.15) is 8.78 Å². The Labute approximate surface area is 183 Å². The third kappa shape index (κ3) is 5.05. The summed E-state index contributed by atoms with van der Waals surface area (Å²) in [6.45, 7) is 6.25. The first-order chi connectivity index (χ1) is 14.1. The van der Waals surface area contributed by atoms with Gasteiger partial charge in [0, 0.05) is 23.0 Å². The highest BCUT2D eigenvalue weighted by Crippen LogP contribution is 2.43. The number of hydrogen-bond donors (Lipinski definition) is 1. The van der Waals surface area contributed by atoms with E-state index in [0.717, 1.165) is 5.56 Å². The minimum atomic E-state index is -3.31. The lowest BCUT2D eigenvalue weighted by Crippen LogP contribution is -2.20. The first kappa shape index (κ1) is 22.4. The van der Waals surface area contributed by atoms with Crippen LogP contribution in [-0.2, 0) is 22.3 Å². The highest BCUT2D eigenvalue weighted by molar-refractivity contribution is 7.86. The summed E-state index contributed by atoms with van der Waals surface area (Å²) < 4.78 is 46.2. The van der Waals surface area contributed by atoms with Crippen molar-refractivity contribution in [1.82, 2.24) is 0 Å². The van der Waals surface area contributed by atoms with Crippen molar-refractivity contribution in [1.29, 1.82) is 0 Å². The number of alkyl halides is 2. The Morgan fingerprint density at radius 1 is 1.10 bits per heavy atom. The van der Waals surface area contributed by atoms with Crippen molar-refractivity contribution in [2.24, 2.45) is 4.99 Å². The molecule has 3 rings (SSSR count). The minimum Gasteiger partial charge on any atom is -0.301 e. The number of nitrogens with one attached hydrogen (secondary N) is 1. The Bertz CT molecular complexity index is 1040. The van der Waals surface area contributed by atoms with Gasteiger partial charge < -0.3 is 4.72 Å². The Kier molecular flexibility index (Phi) is 6.58. The number of anilines is 1.